The average Bonchev–Trinajstić information content (AvgIpc) is 2.52. The summed E-state index contributed by atoms with van der Waals surface area (Å²) in [6, 6.07) is 12.8. The summed E-state index contributed by atoms with van der Waals surface area (Å²) in [5.41, 5.74) is 1.42. The minimum Gasteiger partial charge on any atom is -0.481 e. The molecule has 0 unspecified atom stereocenters. The summed E-state index contributed by atoms with van der Waals surface area (Å²) in [6.07, 6.45) is 2.01. The number of hydrogen-bond acceptors (Lipinski definition) is 3. The van der Waals surface area contributed by atoms with Crippen molar-refractivity contribution >= 4 is 29.3 Å². The first-order valence-corrected chi connectivity index (χ1v) is 7.99. The van der Waals surface area contributed by atoms with Crippen molar-refractivity contribution in [2.75, 3.05) is 12.9 Å². The SMILES string of the molecule is CSc1ccc(C#Cc2cc(Cl)ccc2OCC(=O)O)cc1. The van der Waals surface area contributed by atoms with E-state index in [1.165, 1.54) is 4.90 Å². The molecule has 22 heavy (non-hydrogen) atoms. The molecule has 0 radical (unpaired) electrons. The first-order chi connectivity index (χ1) is 10.6. The number of benzene rings is 2. The molecule has 0 heterocycles. The smallest absolute Gasteiger partial charge is 0.341 e. The number of carboxylic acid groups (broad SMARTS) is 1. The highest BCUT2D eigenvalue weighted by Crippen LogP contribution is 2.22. The van der Waals surface area contributed by atoms with Gasteiger partial charge in [0, 0.05) is 15.5 Å². The van der Waals surface area contributed by atoms with Crippen molar-refractivity contribution in [3.05, 3.63) is 58.6 Å². The zero-order valence-electron chi connectivity index (χ0n) is 11.8. The van der Waals surface area contributed by atoms with E-state index >= 15 is 0 Å². The van der Waals surface area contributed by atoms with E-state index in [-0.39, 0.29) is 0 Å². The van der Waals surface area contributed by atoms with Crippen LogP contribution in [-0.2, 0) is 4.79 Å². The van der Waals surface area contributed by atoms with Gasteiger partial charge in [-0.2, -0.15) is 0 Å². The second-order valence-corrected chi connectivity index (χ2v) is 5.62. The van der Waals surface area contributed by atoms with E-state index in [1.807, 2.05) is 30.5 Å². The molecule has 0 spiro atoms. The molecule has 2 rings (SSSR count). The van der Waals surface area contributed by atoms with E-state index in [4.69, 9.17) is 21.4 Å². The summed E-state index contributed by atoms with van der Waals surface area (Å²) in [4.78, 5) is 11.8. The Labute approximate surface area is 138 Å². The maximum atomic E-state index is 10.6. The van der Waals surface area contributed by atoms with Crippen LogP contribution in [0.5, 0.6) is 5.75 Å². The third kappa shape index (κ3) is 4.73. The van der Waals surface area contributed by atoms with E-state index in [0.29, 0.717) is 16.3 Å². The topological polar surface area (TPSA) is 46.5 Å². The average molecular weight is 333 g/mol. The third-order valence-electron chi connectivity index (χ3n) is 2.72. The quantitative estimate of drug-likeness (QED) is 0.681. The van der Waals surface area contributed by atoms with Gasteiger partial charge in [-0.05, 0) is 48.7 Å². The fourth-order valence-electron chi connectivity index (χ4n) is 1.68. The predicted octanol–water partition coefficient (Wildman–Crippen LogP) is 3.93. The number of thioether (sulfide) groups is 1. The van der Waals surface area contributed by atoms with Gasteiger partial charge in [-0.25, -0.2) is 4.79 Å². The monoisotopic (exact) mass is 332 g/mol. The summed E-state index contributed by atoms with van der Waals surface area (Å²) < 4.78 is 5.21. The van der Waals surface area contributed by atoms with Crippen molar-refractivity contribution in [3.8, 4) is 17.6 Å². The van der Waals surface area contributed by atoms with Crippen molar-refractivity contribution < 1.29 is 14.6 Å². The number of carboxylic acids is 1. The Kier molecular flexibility index (Phi) is 5.76. The molecule has 2 aromatic carbocycles. The fraction of sp³-hybridized carbons (Fsp3) is 0.118. The van der Waals surface area contributed by atoms with Crippen molar-refractivity contribution in [2.24, 2.45) is 0 Å². The molecule has 0 amide bonds. The maximum Gasteiger partial charge on any atom is 0.341 e. The molecule has 0 aromatic heterocycles. The molecular formula is C17H13ClO3S. The normalized spacial score (nSPS) is 9.73. The van der Waals surface area contributed by atoms with Gasteiger partial charge in [0.15, 0.2) is 6.61 Å². The van der Waals surface area contributed by atoms with Crippen LogP contribution in [0.4, 0.5) is 0 Å². The van der Waals surface area contributed by atoms with Crippen LogP contribution in [0.25, 0.3) is 0 Å². The Morgan fingerprint density at radius 2 is 1.95 bits per heavy atom. The third-order valence-corrected chi connectivity index (χ3v) is 3.70. The van der Waals surface area contributed by atoms with Crippen LogP contribution < -0.4 is 4.74 Å². The van der Waals surface area contributed by atoms with Gasteiger partial charge in [0.05, 0.1) is 5.56 Å². The lowest BCUT2D eigenvalue weighted by Crippen LogP contribution is -2.10. The molecule has 0 saturated heterocycles. The summed E-state index contributed by atoms with van der Waals surface area (Å²) >= 11 is 7.62. The van der Waals surface area contributed by atoms with Crippen LogP contribution in [0.15, 0.2) is 47.4 Å². The number of carbonyl (C=O) groups is 1. The van der Waals surface area contributed by atoms with E-state index in [9.17, 15) is 4.79 Å². The van der Waals surface area contributed by atoms with Gasteiger partial charge in [-0.3, -0.25) is 0 Å². The molecule has 0 aliphatic heterocycles. The van der Waals surface area contributed by atoms with E-state index in [0.717, 1.165) is 5.56 Å². The zero-order valence-corrected chi connectivity index (χ0v) is 13.4. The molecular weight excluding hydrogens is 320 g/mol. The molecule has 1 N–H and O–H groups in total. The van der Waals surface area contributed by atoms with Crippen LogP contribution >= 0.6 is 23.4 Å². The highest BCUT2D eigenvalue weighted by Gasteiger charge is 2.05. The molecule has 3 nitrogen and oxygen atoms in total. The Hall–Kier alpha value is -2.09. The zero-order chi connectivity index (χ0) is 15.9. The highest BCUT2D eigenvalue weighted by molar-refractivity contribution is 7.98. The summed E-state index contributed by atoms with van der Waals surface area (Å²) in [5.74, 6) is 5.36. The Morgan fingerprint density at radius 3 is 2.59 bits per heavy atom. The first kappa shape index (κ1) is 16.3. The minimum atomic E-state index is -1.04. The molecule has 0 aliphatic carbocycles. The minimum absolute atomic E-state index is 0.403. The van der Waals surface area contributed by atoms with E-state index in [2.05, 4.69) is 11.8 Å². The van der Waals surface area contributed by atoms with Crippen LogP contribution in [0.1, 0.15) is 11.1 Å². The predicted molar refractivity (Wildman–Crippen MR) is 88.8 cm³/mol. The van der Waals surface area contributed by atoms with Gasteiger partial charge in [0.25, 0.3) is 0 Å². The summed E-state index contributed by atoms with van der Waals surface area (Å²) in [5, 5.41) is 9.21. The Bertz CT molecular complexity index is 730. The molecule has 0 atom stereocenters. The number of hydrogen-bond donors (Lipinski definition) is 1. The highest BCUT2D eigenvalue weighted by atomic mass is 35.5. The second kappa shape index (κ2) is 7.79. The van der Waals surface area contributed by atoms with Crippen LogP contribution in [0, 0.1) is 11.8 Å². The van der Waals surface area contributed by atoms with Gasteiger partial charge in [-0.1, -0.05) is 23.4 Å². The number of halogens is 1. The van der Waals surface area contributed by atoms with Crippen LogP contribution in [-0.4, -0.2) is 23.9 Å². The molecule has 0 aliphatic rings. The molecule has 112 valence electrons. The van der Waals surface area contributed by atoms with Gasteiger partial charge >= 0.3 is 5.97 Å². The molecule has 5 heteroatoms. The maximum absolute atomic E-state index is 10.6. The largest absolute Gasteiger partial charge is 0.481 e. The number of ether oxygens (including phenoxy) is 1. The van der Waals surface area contributed by atoms with Crippen molar-refractivity contribution in [3.63, 3.8) is 0 Å². The van der Waals surface area contributed by atoms with E-state index in [1.54, 1.807) is 30.0 Å². The molecule has 0 saturated carbocycles. The van der Waals surface area contributed by atoms with Gasteiger partial charge < -0.3 is 9.84 Å². The van der Waals surface area contributed by atoms with Crippen LogP contribution in [0.2, 0.25) is 5.02 Å². The van der Waals surface area contributed by atoms with Gasteiger partial charge in [0.2, 0.25) is 0 Å². The molecule has 0 fully saturated rings. The summed E-state index contributed by atoms with van der Waals surface area (Å²) in [6.45, 7) is -0.418. The van der Waals surface area contributed by atoms with Crippen molar-refractivity contribution in [1.29, 1.82) is 0 Å². The van der Waals surface area contributed by atoms with E-state index < -0.39 is 12.6 Å². The number of aliphatic carboxylic acids is 1. The fourth-order valence-corrected chi connectivity index (χ4v) is 2.26. The lowest BCUT2D eigenvalue weighted by molar-refractivity contribution is -0.139. The van der Waals surface area contributed by atoms with Gasteiger partial charge in [-0.15, -0.1) is 11.8 Å². The van der Waals surface area contributed by atoms with Gasteiger partial charge in [0.1, 0.15) is 5.75 Å². The summed E-state index contributed by atoms with van der Waals surface area (Å²) in [7, 11) is 0. The first-order valence-electron chi connectivity index (χ1n) is 6.38. The van der Waals surface area contributed by atoms with Crippen molar-refractivity contribution in [1.82, 2.24) is 0 Å². The second-order valence-electron chi connectivity index (χ2n) is 4.30. The molecule has 0 bridgehead atoms. The standard InChI is InChI=1S/C17H13ClO3S/c1-22-15-7-3-12(4-8-15)2-5-13-10-14(18)6-9-16(13)21-11-17(19)20/h3-4,6-10H,11H2,1H3,(H,19,20). The Balaban J connectivity index is 2.25. The van der Waals surface area contributed by atoms with Crippen molar-refractivity contribution in [2.45, 2.75) is 4.90 Å². The lowest BCUT2D eigenvalue weighted by atomic mass is 10.1. The van der Waals surface area contributed by atoms with Crippen LogP contribution in [0.3, 0.4) is 0 Å². The Morgan fingerprint density at radius 1 is 1.23 bits per heavy atom. The lowest BCUT2D eigenvalue weighted by Gasteiger charge is -2.06. The molecule has 2 aromatic rings. The number of rotatable bonds is 4.